The van der Waals surface area contributed by atoms with Crippen LogP contribution in [0.2, 0.25) is 5.02 Å². The topological polar surface area (TPSA) is 50.4 Å². The van der Waals surface area contributed by atoms with Crippen LogP contribution >= 0.6 is 23.4 Å². The van der Waals surface area contributed by atoms with Crippen LogP contribution in [0.15, 0.2) is 62.6 Å². The molecule has 3 nitrogen and oxygen atoms in total. The number of phenolic OH excluding ortho intramolecular Hbond substituents is 1. The van der Waals surface area contributed by atoms with Gasteiger partial charge in [-0.25, -0.2) is 4.79 Å². The molecule has 1 heterocycles. The number of rotatable bonds is 3. The lowest BCUT2D eigenvalue weighted by atomic mass is 10.1. The summed E-state index contributed by atoms with van der Waals surface area (Å²) in [5.74, 6) is 0.710. The summed E-state index contributed by atoms with van der Waals surface area (Å²) in [4.78, 5) is 12.7. The lowest BCUT2D eigenvalue weighted by molar-refractivity contribution is 0.473. The van der Waals surface area contributed by atoms with Crippen molar-refractivity contribution in [2.45, 2.75) is 10.6 Å². The molecule has 0 aliphatic heterocycles. The number of thioether (sulfide) groups is 1. The molecule has 21 heavy (non-hydrogen) atoms. The molecule has 0 bridgehead atoms. The lowest BCUT2D eigenvalue weighted by Crippen LogP contribution is -1.99. The average Bonchev–Trinajstić information content (AvgIpc) is 2.45. The summed E-state index contributed by atoms with van der Waals surface area (Å²) in [6, 6.07) is 13.8. The zero-order valence-electron chi connectivity index (χ0n) is 10.9. The molecule has 0 saturated carbocycles. The van der Waals surface area contributed by atoms with Gasteiger partial charge in [0.2, 0.25) is 0 Å². The predicted octanol–water partition coefficient (Wildman–Crippen LogP) is 4.44. The van der Waals surface area contributed by atoms with Crippen molar-refractivity contribution in [1.29, 1.82) is 0 Å². The summed E-state index contributed by atoms with van der Waals surface area (Å²) in [6.45, 7) is 0. The standard InChI is InChI=1S/C16H11ClO3S/c17-11-1-4-13(5-2-11)21-9-10-7-16(19)20-15-8-12(18)3-6-14(10)15/h1-8,18H,9H2. The Hall–Kier alpha value is -1.91. The SMILES string of the molecule is O=c1cc(CSc2ccc(Cl)cc2)c2ccc(O)cc2o1. The molecule has 0 radical (unpaired) electrons. The van der Waals surface area contributed by atoms with Crippen molar-refractivity contribution in [2.75, 3.05) is 0 Å². The monoisotopic (exact) mass is 318 g/mol. The molecular formula is C16H11ClO3S. The van der Waals surface area contributed by atoms with E-state index in [4.69, 9.17) is 16.0 Å². The van der Waals surface area contributed by atoms with Crippen molar-refractivity contribution in [3.63, 3.8) is 0 Å². The second-order valence-electron chi connectivity index (χ2n) is 4.51. The molecular weight excluding hydrogens is 308 g/mol. The van der Waals surface area contributed by atoms with Gasteiger partial charge in [0.1, 0.15) is 11.3 Å². The highest BCUT2D eigenvalue weighted by atomic mass is 35.5. The minimum absolute atomic E-state index is 0.0770. The Morgan fingerprint density at radius 3 is 2.62 bits per heavy atom. The first-order chi connectivity index (χ1) is 10.1. The summed E-state index contributed by atoms with van der Waals surface area (Å²) >= 11 is 7.46. The number of aromatic hydroxyl groups is 1. The second-order valence-corrected chi connectivity index (χ2v) is 6.00. The largest absolute Gasteiger partial charge is 0.508 e. The highest BCUT2D eigenvalue weighted by molar-refractivity contribution is 7.98. The fourth-order valence-corrected chi connectivity index (χ4v) is 3.05. The third kappa shape index (κ3) is 3.23. The molecule has 106 valence electrons. The molecule has 0 amide bonds. The van der Waals surface area contributed by atoms with E-state index in [1.807, 2.05) is 24.3 Å². The van der Waals surface area contributed by atoms with Crippen LogP contribution in [0.4, 0.5) is 0 Å². The Kier molecular flexibility index (Phi) is 3.90. The molecule has 0 atom stereocenters. The summed E-state index contributed by atoms with van der Waals surface area (Å²) in [7, 11) is 0. The average molecular weight is 319 g/mol. The minimum Gasteiger partial charge on any atom is -0.508 e. The molecule has 1 aromatic heterocycles. The Bertz CT molecular complexity index is 840. The van der Waals surface area contributed by atoms with Gasteiger partial charge in [-0.05, 0) is 42.0 Å². The summed E-state index contributed by atoms with van der Waals surface area (Å²) < 4.78 is 5.11. The maximum Gasteiger partial charge on any atom is 0.336 e. The predicted molar refractivity (Wildman–Crippen MR) is 85.2 cm³/mol. The first-order valence-electron chi connectivity index (χ1n) is 6.26. The summed E-state index contributed by atoms with van der Waals surface area (Å²) in [5, 5.41) is 11.0. The van der Waals surface area contributed by atoms with Crippen LogP contribution in [0.3, 0.4) is 0 Å². The van der Waals surface area contributed by atoms with Crippen molar-refractivity contribution in [3.8, 4) is 5.75 Å². The molecule has 0 fully saturated rings. The molecule has 0 aliphatic carbocycles. The first-order valence-corrected chi connectivity index (χ1v) is 7.62. The number of phenols is 1. The van der Waals surface area contributed by atoms with Gasteiger partial charge in [0.25, 0.3) is 0 Å². The van der Waals surface area contributed by atoms with Crippen molar-refractivity contribution < 1.29 is 9.52 Å². The van der Waals surface area contributed by atoms with Crippen LogP contribution in [0.1, 0.15) is 5.56 Å². The highest BCUT2D eigenvalue weighted by Crippen LogP contribution is 2.28. The second kappa shape index (κ2) is 5.84. The van der Waals surface area contributed by atoms with E-state index in [2.05, 4.69) is 0 Å². The minimum atomic E-state index is -0.417. The van der Waals surface area contributed by atoms with Crippen LogP contribution in [0, 0.1) is 0 Å². The fourth-order valence-electron chi connectivity index (χ4n) is 2.03. The van der Waals surface area contributed by atoms with Crippen LogP contribution < -0.4 is 5.63 Å². The van der Waals surface area contributed by atoms with Gasteiger partial charge in [-0.3, -0.25) is 0 Å². The van der Waals surface area contributed by atoms with E-state index >= 15 is 0 Å². The maximum absolute atomic E-state index is 11.6. The van der Waals surface area contributed by atoms with E-state index in [0.29, 0.717) is 16.4 Å². The fraction of sp³-hybridized carbons (Fsp3) is 0.0625. The molecule has 3 rings (SSSR count). The van der Waals surface area contributed by atoms with E-state index in [0.717, 1.165) is 15.8 Å². The molecule has 0 spiro atoms. The van der Waals surface area contributed by atoms with E-state index in [-0.39, 0.29) is 5.75 Å². The Balaban J connectivity index is 1.93. The van der Waals surface area contributed by atoms with E-state index in [9.17, 15) is 9.90 Å². The number of hydrogen-bond donors (Lipinski definition) is 1. The van der Waals surface area contributed by atoms with Crippen LogP contribution in [-0.2, 0) is 5.75 Å². The van der Waals surface area contributed by atoms with Gasteiger partial charge < -0.3 is 9.52 Å². The van der Waals surface area contributed by atoms with Crippen LogP contribution in [0.5, 0.6) is 5.75 Å². The zero-order valence-corrected chi connectivity index (χ0v) is 12.4. The quantitative estimate of drug-likeness (QED) is 0.573. The van der Waals surface area contributed by atoms with Gasteiger partial charge in [0.15, 0.2) is 0 Å². The number of halogens is 1. The lowest BCUT2D eigenvalue weighted by Gasteiger charge is -2.06. The maximum atomic E-state index is 11.6. The van der Waals surface area contributed by atoms with Crippen LogP contribution in [0.25, 0.3) is 11.0 Å². The smallest absolute Gasteiger partial charge is 0.336 e. The molecule has 0 unspecified atom stereocenters. The summed E-state index contributed by atoms with van der Waals surface area (Å²) in [6.07, 6.45) is 0. The Morgan fingerprint density at radius 2 is 1.86 bits per heavy atom. The van der Waals surface area contributed by atoms with Gasteiger partial charge in [0, 0.05) is 33.2 Å². The van der Waals surface area contributed by atoms with Crippen molar-refractivity contribution in [1.82, 2.24) is 0 Å². The Labute approximate surface area is 130 Å². The highest BCUT2D eigenvalue weighted by Gasteiger charge is 2.07. The zero-order chi connectivity index (χ0) is 14.8. The van der Waals surface area contributed by atoms with Crippen LogP contribution in [-0.4, -0.2) is 5.11 Å². The Morgan fingerprint density at radius 1 is 1.10 bits per heavy atom. The van der Waals surface area contributed by atoms with Crippen molar-refractivity contribution in [2.24, 2.45) is 0 Å². The van der Waals surface area contributed by atoms with Gasteiger partial charge in [-0.15, -0.1) is 11.8 Å². The van der Waals surface area contributed by atoms with Gasteiger partial charge in [0.05, 0.1) is 0 Å². The third-order valence-electron chi connectivity index (χ3n) is 3.02. The molecule has 1 N–H and O–H groups in total. The molecule has 2 aromatic carbocycles. The molecule has 0 aliphatic rings. The molecule has 3 aromatic rings. The normalized spacial score (nSPS) is 10.9. The van der Waals surface area contributed by atoms with E-state index in [1.165, 1.54) is 12.1 Å². The van der Waals surface area contributed by atoms with Gasteiger partial charge in [-0.1, -0.05) is 11.6 Å². The molecule has 5 heteroatoms. The number of hydrogen-bond acceptors (Lipinski definition) is 4. The molecule has 0 saturated heterocycles. The number of benzene rings is 2. The number of fused-ring (bicyclic) bond motifs is 1. The van der Waals surface area contributed by atoms with E-state index < -0.39 is 5.63 Å². The van der Waals surface area contributed by atoms with E-state index in [1.54, 1.807) is 23.9 Å². The van der Waals surface area contributed by atoms with Crippen molar-refractivity contribution >= 4 is 34.3 Å². The van der Waals surface area contributed by atoms with Gasteiger partial charge in [-0.2, -0.15) is 0 Å². The third-order valence-corrected chi connectivity index (χ3v) is 4.33. The summed E-state index contributed by atoms with van der Waals surface area (Å²) in [5.41, 5.74) is 0.857. The first kappa shape index (κ1) is 14.0. The van der Waals surface area contributed by atoms with Gasteiger partial charge >= 0.3 is 5.63 Å². The van der Waals surface area contributed by atoms with Crippen molar-refractivity contribution in [3.05, 3.63) is 69.5 Å².